The zero-order valence-electron chi connectivity index (χ0n) is 30.9. The molecule has 4 atom stereocenters. The lowest BCUT2D eigenvalue weighted by molar-refractivity contribution is 0.0241. The first-order valence-electron chi connectivity index (χ1n) is 18.2. The van der Waals surface area contributed by atoms with E-state index in [1.54, 1.807) is 115 Å². The first-order chi connectivity index (χ1) is 27.3. The van der Waals surface area contributed by atoms with Crippen LogP contribution >= 0.6 is 0 Å². The number of epoxide rings is 2. The molecule has 13 heteroatoms. The number of rotatable bonds is 20. The SMILES string of the molecule is CC(COc1ccc(OC(=O)c2ccc(Oc3ccnc(Oc4ccc(C(=O)Oc5ccc(OCC(C)OCC6CO6)cc5)cc4)c3)cc2)cc1)OCC1CO1. The van der Waals surface area contributed by atoms with E-state index in [9.17, 15) is 9.59 Å². The molecule has 0 amide bonds. The molecule has 2 fully saturated rings. The Morgan fingerprint density at radius 3 is 1.43 bits per heavy atom. The van der Waals surface area contributed by atoms with Crippen molar-refractivity contribution >= 4 is 11.9 Å². The second kappa shape index (κ2) is 18.6. The Morgan fingerprint density at radius 1 is 0.571 bits per heavy atom. The van der Waals surface area contributed by atoms with Crippen LogP contribution in [0.4, 0.5) is 0 Å². The van der Waals surface area contributed by atoms with Crippen molar-refractivity contribution in [2.75, 3.05) is 39.6 Å². The second-order valence-electron chi connectivity index (χ2n) is 13.1. The van der Waals surface area contributed by atoms with Gasteiger partial charge >= 0.3 is 11.9 Å². The van der Waals surface area contributed by atoms with Crippen molar-refractivity contribution in [1.29, 1.82) is 0 Å². The number of hydrogen-bond acceptors (Lipinski definition) is 13. The Hall–Kier alpha value is -5.99. The van der Waals surface area contributed by atoms with Gasteiger partial charge in [-0.05, 0) is 117 Å². The summed E-state index contributed by atoms with van der Waals surface area (Å²) in [5.41, 5.74) is 0.694. The highest BCUT2D eigenvalue weighted by Gasteiger charge is 2.24. The molecule has 2 aliphatic heterocycles. The standard InChI is InChI=1S/C43H41NO12/c1-28(47-24-39-26-51-39)22-49-32-11-15-36(16-12-32)55-42(45)30-3-7-34(8-4-30)53-38-19-20-44-41(21-38)54-35-9-5-31(6-10-35)43(46)56-37-17-13-33(14-18-37)50-23-29(2)48-25-40-27-52-40/h3-21,28-29,39-40H,22-27H2,1-2H3. The summed E-state index contributed by atoms with van der Waals surface area (Å²) in [5.74, 6) is 2.71. The number of pyridine rings is 1. The van der Waals surface area contributed by atoms with E-state index in [4.69, 9.17) is 47.4 Å². The number of aromatic nitrogens is 1. The minimum Gasteiger partial charge on any atom is -0.491 e. The fraction of sp³-hybridized carbons (Fsp3) is 0.279. The Bertz CT molecular complexity index is 1890. The summed E-state index contributed by atoms with van der Waals surface area (Å²) in [6.07, 6.45) is 1.81. The Morgan fingerprint density at radius 2 is 0.982 bits per heavy atom. The van der Waals surface area contributed by atoms with E-state index in [-0.39, 0.29) is 30.3 Å². The van der Waals surface area contributed by atoms with Crippen molar-refractivity contribution in [3.63, 3.8) is 0 Å². The van der Waals surface area contributed by atoms with Crippen LogP contribution in [0.25, 0.3) is 0 Å². The van der Waals surface area contributed by atoms with Gasteiger partial charge in [-0.3, -0.25) is 0 Å². The topological polar surface area (TPSA) is 146 Å². The highest BCUT2D eigenvalue weighted by atomic mass is 16.6. The molecule has 1 aromatic heterocycles. The lowest BCUT2D eigenvalue weighted by Crippen LogP contribution is -2.20. The first kappa shape index (κ1) is 38.3. The number of benzene rings is 4. The number of nitrogens with zero attached hydrogens (tertiary/aromatic N) is 1. The normalized spacial score (nSPS) is 16.5. The summed E-state index contributed by atoms with van der Waals surface area (Å²) in [5, 5.41) is 0. The molecule has 4 aromatic carbocycles. The number of esters is 2. The van der Waals surface area contributed by atoms with Crippen LogP contribution in [0.3, 0.4) is 0 Å². The highest BCUT2D eigenvalue weighted by Crippen LogP contribution is 2.28. The number of ether oxygens (including phenoxy) is 10. The van der Waals surface area contributed by atoms with Gasteiger partial charge in [0.25, 0.3) is 0 Å². The van der Waals surface area contributed by atoms with Crippen LogP contribution in [0.15, 0.2) is 115 Å². The van der Waals surface area contributed by atoms with Crippen molar-refractivity contribution < 1.29 is 57.0 Å². The molecule has 290 valence electrons. The molecule has 2 saturated heterocycles. The van der Waals surface area contributed by atoms with Crippen molar-refractivity contribution in [1.82, 2.24) is 4.98 Å². The molecule has 2 aliphatic rings. The molecule has 0 aliphatic carbocycles. The van der Waals surface area contributed by atoms with E-state index < -0.39 is 11.9 Å². The van der Waals surface area contributed by atoms with E-state index in [1.807, 2.05) is 13.8 Å². The summed E-state index contributed by atoms with van der Waals surface area (Å²) in [6, 6.07) is 30.0. The molecule has 5 aromatic rings. The minimum absolute atomic E-state index is 0.0751. The van der Waals surface area contributed by atoms with Gasteiger partial charge in [-0.15, -0.1) is 0 Å². The molecule has 0 bridgehead atoms. The maximum atomic E-state index is 12.8. The van der Waals surface area contributed by atoms with Crippen LogP contribution in [-0.2, 0) is 18.9 Å². The average Bonchev–Trinajstić information content (AvgIpc) is 4.16. The summed E-state index contributed by atoms with van der Waals surface area (Å²) in [4.78, 5) is 29.8. The molecule has 0 spiro atoms. The third kappa shape index (κ3) is 12.0. The van der Waals surface area contributed by atoms with Gasteiger partial charge in [0.05, 0.1) is 49.8 Å². The van der Waals surface area contributed by atoms with Crippen LogP contribution < -0.4 is 28.4 Å². The van der Waals surface area contributed by atoms with Gasteiger partial charge in [-0.25, -0.2) is 14.6 Å². The van der Waals surface area contributed by atoms with Crippen molar-refractivity contribution in [2.24, 2.45) is 0 Å². The van der Waals surface area contributed by atoms with E-state index >= 15 is 0 Å². The fourth-order valence-corrected chi connectivity index (χ4v) is 5.02. The number of carbonyl (C=O) groups is 2. The smallest absolute Gasteiger partial charge is 0.343 e. The largest absolute Gasteiger partial charge is 0.491 e. The first-order valence-corrected chi connectivity index (χ1v) is 18.2. The zero-order valence-corrected chi connectivity index (χ0v) is 30.9. The number of carbonyl (C=O) groups excluding carboxylic acids is 2. The van der Waals surface area contributed by atoms with E-state index in [2.05, 4.69) is 4.98 Å². The summed E-state index contributed by atoms with van der Waals surface area (Å²) < 4.78 is 56.1. The molecular formula is C43H41NO12. The molecule has 0 radical (unpaired) electrons. The van der Waals surface area contributed by atoms with Crippen LogP contribution in [0.1, 0.15) is 34.6 Å². The van der Waals surface area contributed by atoms with Gasteiger partial charge in [-0.2, -0.15) is 0 Å². The quantitative estimate of drug-likeness (QED) is 0.0439. The Labute approximate surface area is 323 Å². The summed E-state index contributed by atoms with van der Waals surface area (Å²) in [6.45, 7) is 7.29. The van der Waals surface area contributed by atoms with Crippen LogP contribution in [0.5, 0.6) is 46.1 Å². The molecule has 4 unspecified atom stereocenters. The molecule has 13 nitrogen and oxygen atoms in total. The fourth-order valence-electron chi connectivity index (χ4n) is 5.02. The van der Waals surface area contributed by atoms with E-state index in [1.165, 1.54) is 0 Å². The summed E-state index contributed by atoms with van der Waals surface area (Å²) in [7, 11) is 0. The zero-order chi connectivity index (χ0) is 38.7. The van der Waals surface area contributed by atoms with E-state index in [0.717, 1.165) is 13.2 Å². The average molecular weight is 764 g/mol. The lowest BCUT2D eigenvalue weighted by Gasteiger charge is -2.14. The highest BCUT2D eigenvalue weighted by molar-refractivity contribution is 5.91. The van der Waals surface area contributed by atoms with Crippen LogP contribution in [-0.4, -0.2) is 81.0 Å². The van der Waals surface area contributed by atoms with Crippen molar-refractivity contribution in [3.05, 3.63) is 127 Å². The summed E-state index contributed by atoms with van der Waals surface area (Å²) >= 11 is 0. The van der Waals surface area contributed by atoms with Gasteiger partial charge in [-0.1, -0.05) is 0 Å². The van der Waals surface area contributed by atoms with Gasteiger partial charge in [0, 0.05) is 12.3 Å². The van der Waals surface area contributed by atoms with Crippen molar-refractivity contribution in [3.8, 4) is 46.1 Å². The van der Waals surface area contributed by atoms with Gasteiger partial charge in [0.1, 0.15) is 65.7 Å². The van der Waals surface area contributed by atoms with Crippen LogP contribution in [0.2, 0.25) is 0 Å². The third-order valence-electron chi connectivity index (χ3n) is 8.32. The molecule has 3 heterocycles. The predicted molar refractivity (Wildman–Crippen MR) is 201 cm³/mol. The molecule has 56 heavy (non-hydrogen) atoms. The van der Waals surface area contributed by atoms with Gasteiger partial charge < -0.3 is 47.4 Å². The minimum atomic E-state index is -0.519. The van der Waals surface area contributed by atoms with Crippen LogP contribution in [0, 0.1) is 0 Å². The maximum absolute atomic E-state index is 12.8. The monoisotopic (exact) mass is 763 g/mol. The second-order valence-corrected chi connectivity index (χ2v) is 13.1. The maximum Gasteiger partial charge on any atom is 0.343 e. The Balaban J connectivity index is 0.838. The molecular weight excluding hydrogens is 722 g/mol. The predicted octanol–water partition coefficient (Wildman–Crippen LogP) is 7.47. The molecule has 0 saturated carbocycles. The molecule has 7 rings (SSSR count). The van der Waals surface area contributed by atoms with E-state index in [0.29, 0.717) is 77.8 Å². The number of hydrogen-bond donors (Lipinski definition) is 0. The van der Waals surface area contributed by atoms with Crippen molar-refractivity contribution in [2.45, 2.75) is 38.3 Å². The third-order valence-corrected chi connectivity index (χ3v) is 8.32. The molecule has 0 N–H and O–H groups in total. The van der Waals surface area contributed by atoms with Gasteiger partial charge in [0.15, 0.2) is 0 Å². The van der Waals surface area contributed by atoms with Gasteiger partial charge in [0.2, 0.25) is 5.88 Å². The Kier molecular flexibility index (Phi) is 12.7. The lowest BCUT2D eigenvalue weighted by atomic mass is 10.2.